The molecule has 1 amide bonds. The largest absolute Gasteiger partial charge is 0.497 e. The summed E-state index contributed by atoms with van der Waals surface area (Å²) in [5.41, 5.74) is 3.92. The molecule has 2 heterocycles. The third-order valence-corrected chi connectivity index (χ3v) is 5.70. The maximum absolute atomic E-state index is 13.3. The van der Waals surface area contributed by atoms with Gasteiger partial charge in [0.2, 0.25) is 0 Å². The van der Waals surface area contributed by atoms with Crippen LogP contribution in [0.4, 0.5) is 0 Å². The smallest absolute Gasteiger partial charge is 0.273 e. The second-order valence-electron chi connectivity index (χ2n) is 7.45. The fraction of sp³-hybridized carbons (Fsp3) is 0.333. The number of H-pyrrole nitrogens is 1. The highest BCUT2D eigenvalue weighted by molar-refractivity contribution is 6.00. The number of hydrogen-bond acceptors (Lipinski definition) is 6. The van der Waals surface area contributed by atoms with Gasteiger partial charge in [-0.05, 0) is 48.4 Å². The van der Waals surface area contributed by atoms with Crippen molar-refractivity contribution < 1.29 is 23.7 Å². The number of nitrogens with zero attached hydrogens (tertiary/aromatic N) is 2. The molecule has 1 atom stereocenters. The average molecular weight is 437 g/mol. The Labute approximate surface area is 187 Å². The molecule has 0 saturated carbocycles. The molecular formula is C24H27N3O5. The number of aromatic nitrogens is 2. The van der Waals surface area contributed by atoms with Crippen molar-refractivity contribution in [2.75, 3.05) is 41.6 Å². The van der Waals surface area contributed by atoms with Crippen molar-refractivity contribution in [3.8, 4) is 28.5 Å². The van der Waals surface area contributed by atoms with Gasteiger partial charge < -0.3 is 23.8 Å². The Hall–Kier alpha value is -3.52. The number of nitrogens with one attached hydrogen (secondary N) is 1. The average Bonchev–Trinajstić information content (AvgIpc) is 3.38. The van der Waals surface area contributed by atoms with Gasteiger partial charge in [-0.25, -0.2) is 0 Å². The van der Waals surface area contributed by atoms with Gasteiger partial charge >= 0.3 is 0 Å². The molecule has 0 saturated heterocycles. The Bertz CT molecular complexity index is 1090. The van der Waals surface area contributed by atoms with Crippen molar-refractivity contribution in [1.82, 2.24) is 15.1 Å². The van der Waals surface area contributed by atoms with Crippen LogP contribution in [0.2, 0.25) is 0 Å². The molecule has 3 aromatic rings. The Morgan fingerprint density at radius 2 is 1.72 bits per heavy atom. The summed E-state index contributed by atoms with van der Waals surface area (Å²) < 4.78 is 21.4. The fourth-order valence-corrected chi connectivity index (χ4v) is 4.14. The number of methoxy groups -OCH3 is 4. The van der Waals surface area contributed by atoms with Gasteiger partial charge in [0.15, 0.2) is 11.5 Å². The molecule has 0 spiro atoms. The maximum Gasteiger partial charge on any atom is 0.273 e. The van der Waals surface area contributed by atoms with Crippen molar-refractivity contribution in [3.63, 3.8) is 0 Å². The van der Waals surface area contributed by atoms with Crippen molar-refractivity contribution in [1.29, 1.82) is 0 Å². The first-order valence-corrected chi connectivity index (χ1v) is 10.4. The molecule has 0 aliphatic carbocycles. The molecule has 1 aliphatic heterocycles. The Balaban J connectivity index is 1.82. The predicted octanol–water partition coefficient (Wildman–Crippen LogP) is 3.68. The normalized spacial score (nSPS) is 15.1. The Kier molecular flexibility index (Phi) is 6.32. The van der Waals surface area contributed by atoms with Crippen LogP contribution in [0.3, 0.4) is 0 Å². The molecule has 8 heteroatoms. The molecule has 1 unspecified atom stereocenters. The Morgan fingerprint density at radius 1 is 0.969 bits per heavy atom. The van der Waals surface area contributed by atoms with Crippen molar-refractivity contribution in [2.45, 2.75) is 12.5 Å². The lowest BCUT2D eigenvalue weighted by Gasteiger charge is -2.27. The summed E-state index contributed by atoms with van der Waals surface area (Å²) in [6.07, 6.45) is 0.724. The molecule has 32 heavy (non-hydrogen) atoms. The van der Waals surface area contributed by atoms with Gasteiger partial charge in [-0.3, -0.25) is 9.89 Å². The molecule has 4 rings (SSSR count). The number of carbonyl (C=O) groups excluding carboxylic acids is 1. The number of fused-ring (bicyclic) bond motifs is 1. The van der Waals surface area contributed by atoms with E-state index in [0.717, 1.165) is 34.6 Å². The summed E-state index contributed by atoms with van der Waals surface area (Å²) in [6, 6.07) is 13.1. The number of amides is 1. The van der Waals surface area contributed by atoms with E-state index in [1.807, 2.05) is 47.4 Å². The summed E-state index contributed by atoms with van der Waals surface area (Å²) in [5, 5.41) is 7.48. The SMILES string of the molecule is COCCCN1C(=O)c2[nH]nc(-c3ccc(OC)cc3)c2C1c1ccc(OC)c(OC)c1. The van der Waals surface area contributed by atoms with Crippen LogP contribution in [-0.4, -0.2) is 62.6 Å². The molecule has 1 aromatic heterocycles. The molecule has 0 bridgehead atoms. The number of carbonyl (C=O) groups is 1. The van der Waals surface area contributed by atoms with E-state index in [2.05, 4.69) is 10.2 Å². The van der Waals surface area contributed by atoms with Gasteiger partial charge in [0.1, 0.15) is 11.4 Å². The van der Waals surface area contributed by atoms with E-state index in [0.29, 0.717) is 30.3 Å². The third-order valence-electron chi connectivity index (χ3n) is 5.70. The van der Waals surface area contributed by atoms with Crippen LogP contribution in [-0.2, 0) is 4.74 Å². The highest BCUT2D eigenvalue weighted by Gasteiger charge is 2.42. The number of ether oxygens (including phenoxy) is 4. The number of rotatable bonds is 9. The number of hydrogen-bond donors (Lipinski definition) is 1. The zero-order valence-corrected chi connectivity index (χ0v) is 18.7. The summed E-state index contributed by atoms with van der Waals surface area (Å²) >= 11 is 0. The van der Waals surface area contributed by atoms with Crippen LogP contribution < -0.4 is 14.2 Å². The van der Waals surface area contributed by atoms with E-state index >= 15 is 0 Å². The minimum absolute atomic E-state index is 0.0804. The monoisotopic (exact) mass is 437 g/mol. The molecule has 168 valence electrons. The summed E-state index contributed by atoms with van der Waals surface area (Å²) in [4.78, 5) is 15.2. The van der Waals surface area contributed by atoms with Gasteiger partial charge in [-0.2, -0.15) is 5.10 Å². The minimum atomic E-state index is -0.315. The maximum atomic E-state index is 13.3. The summed E-state index contributed by atoms with van der Waals surface area (Å²) in [7, 11) is 6.49. The van der Waals surface area contributed by atoms with Gasteiger partial charge in [0, 0.05) is 31.4 Å². The summed E-state index contributed by atoms with van der Waals surface area (Å²) in [6.45, 7) is 1.12. The lowest BCUT2D eigenvalue weighted by molar-refractivity contribution is 0.0723. The van der Waals surface area contributed by atoms with Crippen LogP contribution >= 0.6 is 0 Å². The van der Waals surface area contributed by atoms with Crippen molar-refractivity contribution in [2.24, 2.45) is 0 Å². The lowest BCUT2D eigenvalue weighted by atomic mass is 9.95. The predicted molar refractivity (Wildman–Crippen MR) is 119 cm³/mol. The van der Waals surface area contributed by atoms with Gasteiger partial charge in [0.05, 0.1) is 33.1 Å². The first-order valence-electron chi connectivity index (χ1n) is 10.4. The van der Waals surface area contributed by atoms with E-state index in [1.54, 1.807) is 28.4 Å². The number of benzene rings is 2. The molecule has 1 N–H and O–H groups in total. The number of aromatic amines is 1. The third kappa shape index (κ3) is 3.78. The molecule has 0 radical (unpaired) electrons. The minimum Gasteiger partial charge on any atom is -0.497 e. The highest BCUT2D eigenvalue weighted by atomic mass is 16.5. The highest BCUT2D eigenvalue weighted by Crippen LogP contribution is 2.44. The van der Waals surface area contributed by atoms with E-state index < -0.39 is 0 Å². The first kappa shape index (κ1) is 21.7. The zero-order chi connectivity index (χ0) is 22.7. The quantitative estimate of drug-likeness (QED) is 0.514. The van der Waals surface area contributed by atoms with Crippen molar-refractivity contribution >= 4 is 5.91 Å². The van der Waals surface area contributed by atoms with Gasteiger partial charge in [-0.15, -0.1) is 0 Å². The fourth-order valence-electron chi connectivity index (χ4n) is 4.14. The van der Waals surface area contributed by atoms with E-state index in [1.165, 1.54) is 0 Å². The second-order valence-corrected chi connectivity index (χ2v) is 7.45. The molecular weight excluding hydrogens is 410 g/mol. The van der Waals surface area contributed by atoms with Crippen LogP contribution in [0.5, 0.6) is 17.2 Å². The summed E-state index contributed by atoms with van der Waals surface area (Å²) in [5.74, 6) is 1.92. The van der Waals surface area contributed by atoms with Crippen LogP contribution in [0.25, 0.3) is 11.3 Å². The Morgan fingerprint density at radius 3 is 2.38 bits per heavy atom. The van der Waals surface area contributed by atoms with Gasteiger partial charge in [-0.1, -0.05) is 6.07 Å². The topological polar surface area (TPSA) is 85.9 Å². The lowest BCUT2D eigenvalue weighted by Crippen LogP contribution is -2.31. The van der Waals surface area contributed by atoms with E-state index in [-0.39, 0.29) is 11.9 Å². The first-order chi connectivity index (χ1) is 15.6. The van der Waals surface area contributed by atoms with Crippen molar-refractivity contribution in [3.05, 3.63) is 59.3 Å². The molecule has 8 nitrogen and oxygen atoms in total. The molecule has 0 fully saturated rings. The standard InChI is InChI=1S/C24H27N3O5/c1-29-13-5-12-27-23(16-8-11-18(31-3)19(14-16)32-4)20-21(25-26-22(20)24(27)28)15-6-9-17(30-2)10-7-15/h6-11,14,23H,5,12-13H2,1-4H3,(H,25,26). The van der Waals surface area contributed by atoms with Crippen LogP contribution in [0, 0.1) is 0 Å². The van der Waals surface area contributed by atoms with Gasteiger partial charge in [0.25, 0.3) is 5.91 Å². The second kappa shape index (κ2) is 9.32. The van der Waals surface area contributed by atoms with Crippen LogP contribution in [0.15, 0.2) is 42.5 Å². The molecule has 2 aromatic carbocycles. The van der Waals surface area contributed by atoms with E-state index in [9.17, 15) is 4.79 Å². The van der Waals surface area contributed by atoms with E-state index in [4.69, 9.17) is 18.9 Å². The van der Waals surface area contributed by atoms with Crippen LogP contribution in [0.1, 0.15) is 34.1 Å². The zero-order valence-electron chi connectivity index (χ0n) is 18.7. The molecule has 1 aliphatic rings.